The van der Waals surface area contributed by atoms with Gasteiger partial charge in [-0.3, -0.25) is 14.8 Å². The zero-order chi connectivity index (χ0) is 20.6. The molecule has 0 aromatic carbocycles. The molecule has 1 aromatic heterocycles. The van der Waals surface area contributed by atoms with Crippen molar-refractivity contribution in [3.63, 3.8) is 0 Å². The predicted molar refractivity (Wildman–Crippen MR) is 107 cm³/mol. The monoisotopic (exact) mass is 402 g/mol. The largest absolute Gasteiger partial charge is 0.444 e. The van der Waals surface area contributed by atoms with Crippen LogP contribution in [0.4, 0.5) is 15.4 Å². The van der Waals surface area contributed by atoms with E-state index in [9.17, 15) is 9.59 Å². The fourth-order valence-electron chi connectivity index (χ4n) is 4.53. The quantitative estimate of drug-likeness (QED) is 0.737. The van der Waals surface area contributed by atoms with Crippen molar-refractivity contribution >= 4 is 18.0 Å². The molecule has 1 aromatic rings. The van der Waals surface area contributed by atoms with Crippen molar-refractivity contribution < 1.29 is 19.1 Å². The summed E-state index contributed by atoms with van der Waals surface area (Å²) in [4.78, 5) is 37.5. The molecule has 2 amide bonds. The van der Waals surface area contributed by atoms with Crippen molar-refractivity contribution in [3.8, 4) is 0 Å². The van der Waals surface area contributed by atoms with Crippen LogP contribution < -0.4 is 4.90 Å². The van der Waals surface area contributed by atoms with Gasteiger partial charge < -0.3 is 9.47 Å². The Kier molecular flexibility index (Phi) is 5.12. The van der Waals surface area contributed by atoms with Crippen molar-refractivity contribution in [2.24, 2.45) is 0 Å². The Labute approximate surface area is 171 Å². The molecular formula is C21H30N4O4. The highest BCUT2D eigenvalue weighted by Gasteiger charge is 2.47. The molecule has 1 aliphatic carbocycles. The summed E-state index contributed by atoms with van der Waals surface area (Å²) in [7, 11) is 0. The Bertz CT molecular complexity index is 785. The van der Waals surface area contributed by atoms with Crippen LogP contribution in [0, 0.1) is 0 Å². The Morgan fingerprint density at radius 2 is 1.97 bits per heavy atom. The van der Waals surface area contributed by atoms with Gasteiger partial charge in [0.25, 0.3) is 0 Å². The maximum absolute atomic E-state index is 12.6. The Hall–Kier alpha value is -2.38. The van der Waals surface area contributed by atoms with Gasteiger partial charge >= 0.3 is 12.2 Å². The standard InChI is InChI=1S/C21H30N4O4/c1-20(2,3)28-18(26)24-11-7-8-16(24)15-12-22-13-17(23-15)25-14-21(29-19(25)27)9-5-4-6-10-21/h12-13,16H,4-11,14H2,1-3H3. The Morgan fingerprint density at radius 3 is 2.69 bits per heavy atom. The summed E-state index contributed by atoms with van der Waals surface area (Å²) in [6.07, 6.45) is 9.41. The number of ether oxygens (including phenoxy) is 2. The minimum absolute atomic E-state index is 0.195. The molecule has 29 heavy (non-hydrogen) atoms. The molecule has 0 N–H and O–H groups in total. The van der Waals surface area contributed by atoms with E-state index < -0.39 is 5.60 Å². The summed E-state index contributed by atoms with van der Waals surface area (Å²) in [5, 5.41) is 0. The van der Waals surface area contributed by atoms with Crippen LogP contribution >= 0.6 is 0 Å². The highest BCUT2D eigenvalue weighted by Crippen LogP contribution is 2.39. The average Bonchev–Trinajstić information content (AvgIpc) is 3.26. The molecule has 158 valence electrons. The number of amides is 2. The third-order valence-corrected chi connectivity index (χ3v) is 5.87. The van der Waals surface area contributed by atoms with Crippen molar-refractivity contribution in [3.05, 3.63) is 18.1 Å². The van der Waals surface area contributed by atoms with Crippen LogP contribution in [0.3, 0.4) is 0 Å². The van der Waals surface area contributed by atoms with E-state index in [2.05, 4.69) is 4.98 Å². The molecular weight excluding hydrogens is 372 g/mol. The number of carbonyl (C=O) groups excluding carboxylic acids is 2. The Morgan fingerprint density at radius 1 is 1.21 bits per heavy atom. The van der Waals surface area contributed by atoms with E-state index in [1.807, 2.05) is 20.8 Å². The first-order chi connectivity index (χ1) is 13.8. The number of hydrogen-bond donors (Lipinski definition) is 0. The van der Waals surface area contributed by atoms with Gasteiger partial charge in [-0.1, -0.05) is 6.42 Å². The molecule has 1 spiro atoms. The van der Waals surface area contributed by atoms with Crippen LogP contribution in [0.2, 0.25) is 0 Å². The van der Waals surface area contributed by atoms with Crippen LogP contribution in [-0.4, -0.2) is 51.3 Å². The van der Waals surface area contributed by atoms with Crippen molar-refractivity contribution in [1.82, 2.24) is 14.9 Å². The van der Waals surface area contributed by atoms with Gasteiger partial charge in [0, 0.05) is 6.54 Å². The van der Waals surface area contributed by atoms with Crippen LogP contribution in [0.1, 0.15) is 77.5 Å². The minimum Gasteiger partial charge on any atom is -0.444 e. The first-order valence-electron chi connectivity index (χ1n) is 10.6. The number of hydrogen-bond acceptors (Lipinski definition) is 6. The summed E-state index contributed by atoms with van der Waals surface area (Å²) in [6.45, 7) is 6.72. The van der Waals surface area contributed by atoms with Gasteiger partial charge in [0.15, 0.2) is 5.82 Å². The SMILES string of the molecule is CC(C)(C)OC(=O)N1CCCC1c1cncc(N2CC3(CCCCC3)OC2=O)n1. The van der Waals surface area contributed by atoms with Gasteiger partial charge in [0.2, 0.25) is 0 Å². The molecule has 2 aliphatic heterocycles. The van der Waals surface area contributed by atoms with Crippen molar-refractivity contribution in [2.75, 3.05) is 18.0 Å². The van der Waals surface area contributed by atoms with E-state index in [0.29, 0.717) is 24.6 Å². The second kappa shape index (κ2) is 7.46. The maximum Gasteiger partial charge on any atom is 0.416 e. The van der Waals surface area contributed by atoms with Gasteiger partial charge in [-0.05, 0) is 59.3 Å². The van der Waals surface area contributed by atoms with E-state index in [1.165, 1.54) is 6.42 Å². The van der Waals surface area contributed by atoms with E-state index in [0.717, 1.165) is 38.5 Å². The fourth-order valence-corrected chi connectivity index (χ4v) is 4.53. The minimum atomic E-state index is -0.550. The highest BCUT2D eigenvalue weighted by molar-refractivity contribution is 5.89. The van der Waals surface area contributed by atoms with Gasteiger partial charge in [-0.15, -0.1) is 0 Å². The maximum atomic E-state index is 12.6. The second-order valence-corrected chi connectivity index (χ2v) is 9.33. The fraction of sp³-hybridized carbons (Fsp3) is 0.714. The molecule has 8 nitrogen and oxygen atoms in total. The summed E-state index contributed by atoms with van der Waals surface area (Å²) >= 11 is 0. The van der Waals surface area contributed by atoms with Crippen LogP contribution in [0.5, 0.6) is 0 Å². The zero-order valence-corrected chi connectivity index (χ0v) is 17.5. The van der Waals surface area contributed by atoms with Gasteiger partial charge in [-0.25, -0.2) is 14.6 Å². The lowest BCUT2D eigenvalue weighted by molar-refractivity contribution is 0.0219. The number of anilines is 1. The highest BCUT2D eigenvalue weighted by atomic mass is 16.6. The van der Waals surface area contributed by atoms with E-state index in [4.69, 9.17) is 14.5 Å². The van der Waals surface area contributed by atoms with Gasteiger partial charge in [0.1, 0.15) is 11.2 Å². The first-order valence-corrected chi connectivity index (χ1v) is 10.6. The third kappa shape index (κ3) is 4.16. The summed E-state index contributed by atoms with van der Waals surface area (Å²) in [6, 6.07) is -0.195. The molecule has 1 unspecified atom stereocenters. The molecule has 3 aliphatic rings. The van der Waals surface area contributed by atoms with Crippen LogP contribution in [0.25, 0.3) is 0 Å². The topological polar surface area (TPSA) is 84.9 Å². The average molecular weight is 402 g/mol. The molecule has 2 saturated heterocycles. The number of rotatable bonds is 2. The first kappa shape index (κ1) is 19.9. The predicted octanol–water partition coefficient (Wildman–Crippen LogP) is 4.21. The molecule has 1 saturated carbocycles. The van der Waals surface area contributed by atoms with E-state index in [1.54, 1.807) is 22.2 Å². The summed E-state index contributed by atoms with van der Waals surface area (Å²) in [5.74, 6) is 0.492. The van der Waals surface area contributed by atoms with Crippen molar-refractivity contribution in [1.29, 1.82) is 0 Å². The summed E-state index contributed by atoms with van der Waals surface area (Å²) < 4.78 is 11.3. The molecule has 4 rings (SSSR count). The Balaban J connectivity index is 1.53. The van der Waals surface area contributed by atoms with Crippen LogP contribution in [-0.2, 0) is 9.47 Å². The smallest absolute Gasteiger partial charge is 0.416 e. The zero-order valence-electron chi connectivity index (χ0n) is 17.5. The summed E-state index contributed by atoms with van der Waals surface area (Å²) in [5.41, 5.74) is -0.253. The number of nitrogens with zero attached hydrogens (tertiary/aromatic N) is 4. The number of likely N-dealkylation sites (tertiary alicyclic amines) is 1. The molecule has 0 radical (unpaired) electrons. The molecule has 0 bridgehead atoms. The lowest BCUT2D eigenvalue weighted by Gasteiger charge is -2.30. The molecule has 1 atom stereocenters. The van der Waals surface area contributed by atoms with Crippen LogP contribution in [0.15, 0.2) is 12.4 Å². The molecule has 3 fully saturated rings. The third-order valence-electron chi connectivity index (χ3n) is 5.87. The lowest BCUT2D eigenvalue weighted by Crippen LogP contribution is -2.37. The van der Waals surface area contributed by atoms with Crippen molar-refractivity contribution in [2.45, 2.75) is 83.0 Å². The van der Waals surface area contributed by atoms with Gasteiger partial charge in [-0.2, -0.15) is 0 Å². The number of aromatic nitrogens is 2. The molecule has 3 heterocycles. The number of carbonyl (C=O) groups is 2. The second-order valence-electron chi connectivity index (χ2n) is 9.33. The normalized spacial score (nSPS) is 24.1. The van der Waals surface area contributed by atoms with E-state index in [-0.39, 0.29) is 23.8 Å². The van der Waals surface area contributed by atoms with E-state index >= 15 is 0 Å². The molecule has 8 heteroatoms. The lowest BCUT2D eigenvalue weighted by atomic mass is 9.85. The van der Waals surface area contributed by atoms with Gasteiger partial charge in [0.05, 0.1) is 30.7 Å².